The van der Waals surface area contributed by atoms with Gasteiger partial charge in [0.2, 0.25) is 5.91 Å². The summed E-state index contributed by atoms with van der Waals surface area (Å²) in [5.74, 6) is 0.696. The van der Waals surface area contributed by atoms with Crippen molar-refractivity contribution >= 4 is 28.2 Å². The fourth-order valence-electron chi connectivity index (χ4n) is 3.39. The Morgan fingerprint density at radius 1 is 1.00 bits per heavy atom. The van der Waals surface area contributed by atoms with E-state index < -0.39 is 5.97 Å². The molecule has 0 aliphatic rings. The third kappa shape index (κ3) is 6.14. The summed E-state index contributed by atoms with van der Waals surface area (Å²) in [5.41, 5.74) is 4.14. The molecule has 3 aromatic rings. The Hall–Kier alpha value is -3.32. The fraction of sp³-hybridized carbons (Fsp3) is 0.308. The fourth-order valence-corrected chi connectivity index (χ4v) is 4.36. The number of esters is 1. The number of carbonyl (C=O) groups is 2. The average molecular weight is 468 g/mol. The normalized spacial score (nSPS) is 10.5. The Kier molecular flexibility index (Phi) is 8.49. The van der Waals surface area contributed by atoms with Gasteiger partial charge in [0.25, 0.3) is 0 Å². The Morgan fingerprint density at radius 3 is 2.42 bits per heavy atom. The third-order valence-electron chi connectivity index (χ3n) is 5.05. The van der Waals surface area contributed by atoms with Gasteiger partial charge in [-0.05, 0) is 50.5 Å². The maximum atomic E-state index is 12.7. The Morgan fingerprint density at radius 2 is 1.76 bits per heavy atom. The summed E-state index contributed by atoms with van der Waals surface area (Å²) in [6.07, 6.45) is 0.788. The van der Waals surface area contributed by atoms with Crippen molar-refractivity contribution in [3.8, 4) is 22.6 Å². The zero-order valence-electron chi connectivity index (χ0n) is 19.4. The van der Waals surface area contributed by atoms with Crippen molar-refractivity contribution < 1.29 is 23.8 Å². The molecule has 3 rings (SSSR count). The van der Waals surface area contributed by atoms with E-state index in [1.54, 1.807) is 14.0 Å². The SMILES string of the molecule is CCOC(=O)c1c(-c2ccc(C)cc2)csc1NC(=O)CCc1ccc(OCC)c(OC)c1. The van der Waals surface area contributed by atoms with Crippen molar-refractivity contribution in [1.82, 2.24) is 0 Å². The molecule has 0 saturated heterocycles. The number of ether oxygens (including phenoxy) is 3. The minimum absolute atomic E-state index is 0.175. The van der Waals surface area contributed by atoms with Crippen molar-refractivity contribution in [2.24, 2.45) is 0 Å². The lowest BCUT2D eigenvalue weighted by Crippen LogP contribution is -2.15. The van der Waals surface area contributed by atoms with E-state index in [0.29, 0.717) is 35.1 Å². The molecule has 0 saturated carbocycles. The highest BCUT2D eigenvalue weighted by Gasteiger charge is 2.22. The third-order valence-corrected chi connectivity index (χ3v) is 5.95. The number of nitrogens with one attached hydrogen (secondary N) is 1. The summed E-state index contributed by atoms with van der Waals surface area (Å²) in [6.45, 7) is 6.49. The van der Waals surface area contributed by atoms with Gasteiger partial charge >= 0.3 is 5.97 Å². The molecule has 7 heteroatoms. The van der Waals surface area contributed by atoms with E-state index in [9.17, 15) is 9.59 Å². The largest absolute Gasteiger partial charge is 0.493 e. The van der Waals surface area contributed by atoms with E-state index in [4.69, 9.17) is 14.2 Å². The van der Waals surface area contributed by atoms with Gasteiger partial charge in [0.1, 0.15) is 10.6 Å². The second kappa shape index (κ2) is 11.5. The number of hydrogen-bond acceptors (Lipinski definition) is 6. The topological polar surface area (TPSA) is 73.9 Å². The van der Waals surface area contributed by atoms with Crippen LogP contribution in [0.25, 0.3) is 11.1 Å². The molecule has 0 bridgehead atoms. The molecule has 0 atom stereocenters. The van der Waals surface area contributed by atoms with Crippen LogP contribution in [0.4, 0.5) is 5.00 Å². The molecule has 0 fully saturated rings. The van der Waals surface area contributed by atoms with E-state index in [1.807, 2.05) is 61.7 Å². The molecule has 1 N–H and O–H groups in total. The summed E-state index contributed by atoms with van der Waals surface area (Å²) in [5, 5.41) is 5.28. The Labute approximate surface area is 198 Å². The van der Waals surface area contributed by atoms with Gasteiger partial charge in [0.05, 0.1) is 20.3 Å². The van der Waals surface area contributed by atoms with Gasteiger partial charge in [-0.15, -0.1) is 11.3 Å². The lowest BCUT2D eigenvalue weighted by Gasteiger charge is -2.11. The lowest BCUT2D eigenvalue weighted by atomic mass is 10.0. The molecule has 33 heavy (non-hydrogen) atoms. The second-order valence-electron chi connectivity index (χ2n) is 7.41. The van der Waals surface area contributed by atoms with Crippen molar-refractivity contribution in [3.05, 3.63) is 64.5 Å². The second-order valence-corrected chi connectivity index (χ2v) is 8.29. The first-order valence-electron chi connectivity index (χ1n) is 10.9. The number of aryl methyl sites for hydroxylation is 2. The average Bonchev–Trinajstić information content (AvgIpc) is 3.22. The van der Waals surface area contributed by atoms with Crippen LogP contribution in [0.2, 0.25) is 0 Å². The van der Waals surface area contributed by atoms with Crippen molar-refractivity contribution in [2.75, 3.05) is 25.6 Å². The van der Waals surface area contributed by atoms with Crippen LogP contribution in [0.3, 0.4) is 0 Å². The number of carbonyl (C=O) groups excluding carboxylic acids is 2. The maximum Gasteiger partial charge on any atom is 0.341 e. The van der Waals surface area contributed by atoms with E-state index in [0.717, 1.165) is 22.3 Å². The molecule has 0 radical (unpaired) electrons. The van der Waals surface area contributed by atoms with Crippen LogP contribution in [0.1, 0.15) is 41.8 Å². The number of amides is 1. The van der Waals surface area contributed by atoms with Gasteiger partial charge in [-0.1, -0.05) is 35.9 Å². The first kappa shape index (κ1) is 24.3. The zero-order valence-corrected chi connectivity index (χ0v) is 20.2. The summed E-state index contributed by atoms with van der Waals surface area (Å²) in [6, 6.07) is 13.6. The number of thiophene rings is 1. The predicted octanol–water partition coefficient (Wildman–Crippen LogP) is 5.88. The summed E-state index contributed by atoms with van der Waals surface area (Å²) in [7, 11) is 1.59. The minimum atomic E-state index is -0.444. The highest BCUT2D eigenvalue weighted by Crippen LogP contribution is 2.36. The molecule has 2 aromatic carbocycles. The quantitative estimate of drug-likeness (QED) is 0.377. The van der Waals surface area contributed by atoms with Gasteiger partial charge in [-0.2, -0.15) is 0 Å². The molecule has 0 unspecified atom stereocenters. The summed E-state index contributed by atoms with van der Waals surface area (Å²) >= 11 is 1.32. The molecule has 1 aromatic heterocycles. The van der Waals surface area contributed by atoms with Crippen molar-refractivity contribution in [3.63, 3.8) is 0 Å². The highest BCUT2D eigenvalue weighted by atomic mass is 32.1. The van der Waals surface area contributed by atoms with Gasteiger partial charge in [-0.25, -0.2) is 4.79 Å². The van der Waals surface area contributed by atoms with Crippen LogP contribution < -0.4 is 14.8 Å². The smallest absolute Gasteiger partial charge is 0.341 e. The molecule has 0 spiro atoms. The maximum absolute atomic E-state index is 12.7. The Bertz CT molecular complexity index is 1100. The monoisotopic (exact) mass is 467 g/mol. The number of methoxy groups -OCH3 is 1. The number of anilines is 1. The molecular weight excluding hydrogens is 438 g/mol. The van der Waals surface area contributed by atoms with Crippen LogP contribution >= 0.6 is 11.3 Å². The zero-order chi connectivity index (χ0) is 23.8. The minimum Gasteiger partial charge on any atom is -0.493 e. The van der Waals surface area contributed by atoms with Crippen LogP contribution in [0.5, 0.6) is 11.5 Å². The Balaban J connectivity index is 1.75. The number of hydrogen-bond donors (Lipinski definition) is 1. The molecule has 0 aliphatic heterocycles. The highest BCUT2D eigenvalue weighted by molar-refractivity contribution is 7.15. The first-order valence-corrected chi connectivity index (χ1v) is 11.8. The van der Waals surface area contributed by atoms with Gasteiger partial charge < -0.3 is 19.5 Å². The van der Waals surface area contributed by atoms with Gasteiger partial charge in [-0.3, -0.25) is 4.79 Å². The molecule has 6 nitrogen and oxygen atoms in total. The van der Waals surface area contributed by atoms with Gasteiger partial charge in [0, 0.05) is 17.4 Å². The summed E-state index contributed by atoms with van der Waals surface area (Å²) in [4.78, 5) is 25.4. The molecular formula is C26H29NO5S. The number of benzene rings is 2. The molecule has 174 valence electrons. The van der Waals surface area contributed by atoms with Crippen molar-refractivity contribution in [1.29, 1.82) is 0 Å². The van der Waals surface area contributed by atoms with Crippen LogP contribution in [0.15, 0.2) is 47.8 Å². The predicted molar refractivity (Wildman–Crippen MR) is 132 cm³/mol. The molecule has 1 amide bonds. The first-order chi connectivity index (χ1) is 16.0. The molecule has 0 aliphatic carbocycles. The molecule has 1 heterocycles. The van der Waals surface area contributed by atoms with E-state index in [1.165, 1.54) is 11.3 Å². The lowest BCUT2D eigenvalue weighted by molar-refractivity contribution is -0.116. The van der Waals surface area contributed by atoms with Crippen LogP contribution in [-0.2, 0) is 16.0 Å². The van der Waals surface area contributed by atoms with E-state index >= 15 is 0 Å². The van der Waals surface area contributed by atoms with Gasteiger partial charge in [0.15, 0.2) is 11.5 Å². The van der Waals surface area contributed by atoms with E-state index in [-0.39, 0.29) is 18.9 Å². The van der Waals surface area contributed by atoms with E-state index in [2.05, 4.69) is 5.32 Å². The summed E-state index contributed by atoms with van der Waals surface area (Å²) < 4.78 is 16.2. The standard InChI is InChI=1S/C26H29NO5S/c1-5-31-21-13-9-18(15-22(21)30-4)10-14-23(28)27-25-24(26(29)32-6-2)20(16-33-25)19-11-7-17(3)8-12-19/h7-9,11-13,15-16H,5-6,10,14H2,1-4H3,(H,27,28). The van der Waals surface area contributed by atoms with Crippen LogP contribution in [-0.4, -0.2) is 32.2 Å². The number of rotatable bonds is 10. The van der Waals surface area contributed by atoms with Crippen molar-refractivity contribution in [2.45, 2.75) is 33.6 Å². The van der Waals surface area contributed by atoms with Crippen LogP contribution in [0, 0.1) is 6.92 Å².